The lowest BCUT2D eigenvalue weighted by atomic mass is 10.1. The Morgan fingerprint density at radius 1 is 0.907 bits per heavy atom. The van der Waals surface area contributed by atoms with E-state index in [-0.39, 0.29) is 40.8 Å². The van der Waals surface area contributed by atoms with Crippen LogP contribution in [-0.2, 0) is 26.0 Å². The molecule has 13 heteroatoms. The van der Waals surface area contributed by atoms with E-state index in [1.54, 1.807) is 66.7 Å². The molecule has 0 bridgehead atoms. The minimum atomic E-state index is -4.18. The average molecular weight is 605 g/mol. The van der Waals surface area contributed by atoms with Gasteiger partial charge in [-0.3, -0.25) is 14.6 Å². The van der Waals surface area contributed by atoms with Crippen LogP contribution in [-0.4, -0.2) is 53.8 Å². The van der Waals surface area contributed by atoms with E-state index in [0.717, 1.165) is 3.97 Å². The molecule has 4 aromatic rings. The number of para-hydroxylation sites is 1. The molecule has 0 radical (unpaired) electrons. The normalized spacial score (nSPS) is 11.9. The Bertz CT molecular complexity index is 1750. The lowest BCUT2D eigenvalue weighted by molar-refractivity contribution is -0.139. The Hall–Kier alpha value is -5.17. The number of carboxylic acid groups (broad SMARTS) is 1. The van der Waals surface area contributed by atoms with Gasteiger partial charge in [0.05, 0.1) is 10.4 Å². The third-order valence-electron chi connectivity index (χ3n) is 6.57. The first-order valence-corrected chi connectivity index (χ1v) is 14.9. The molecule has 0 saturated carbocycles. The zero-order valence-electron chi connectivity index (χ0n) is 23.1. The first-order valence-electron chi connectivity index (χ1n) is 13.4. The molecule has 2 amide bonds. The number of hydrogen-bond donors (Lipinski definition) is 5. The molecule has 7 N–H and O–H groups in total. The lowest BCUT2D eigenvalue weighted by Gasteiger charge is -2.17. The number of unbranched alkanes of at least 4 members (excludes halogenated alkanes) is 1. The van der Waals surface area contributed by atoms with Gasteiger partial charge >= 0.3 is 5.97 Å². The Balaban J connectivity index is 1.47. The summed E-state index contributed by atoms with van der Waals surface area (Å²) >= 11 is 0. The molecule has 43 heavy (non-hydrogen) atoms. The van der Waals surface area contributed by atoms with Crippen molar-refractivity contribution < 1.29 is 27.9 Å². The van der Waals surface area contributed by atoms with Crippen molar-refractivity contribution >= 4 is 50.4 Å². The fourth-order valence-corrected chi connectivity index (χ4v) is 6.00. The summed E-state index contributed by atoms with van der Waals surface area (Å²) in [5.41, 5.74) is 11.7. The molecular formula is C30H32N6O6S. The number of nitrogens with one attached hydrogen (secondary N) is 2. The van der Waals surface area contributed by atoms with Crippen LogP contribution in [0.15, 0.2) is 94.8 Å². The van der Waals surface area contributed by atoms with Gasteiger partial charge in [0.1, 0.15) is 11.7 Å². The number of aromatic nitrogens is 1. The minimum Gasteiger partial charge on any atom is -0.480 e. The molecule has 4 rings (SSSR count). The van der Waals surface area contributed by atoms with Crippen molar-refractivity contribution in [3.63, 3.8) is 0 Å². The largest absolute Gasteiger partial charge is 0.480 e. The van der Waals surface area contributed by atoms with E-state index >= 15 is 0 Å². The second-order valence-electron chi connectivity index (χ2n) is 9.75. The van der Waals surface area contributed by atoms with Crippen LogP contribution in [0, 0.1) is 0 Å². The highest BCUT2D eigenvalue weighted by Crippen LogP contribution is 2.26. The Labute approximate surface area is 248 Å². The quantitative estimate of drug-likeness (QED) is 0.0871. The van der Waals surface area contributed by atoms with Crippen LogP contribution in [0.5, 0.6) is 0 Å². The molecule has 0 aliphatic rings. The van der Waals surface area contributed by atoms with Gasteiger partial charge in [-0.15, -0.1) is 0 Å². The first kappa shape index (κ1) is 30.8. The average Bonchev–Trinajstić information content (AvgIpc) is 3.39. The Morgan fingerprint density at radius 2 is 1.58 bits per heavy atom. The second kappa shape index (κ2) is 13.7. The number of carbonyl (C=O) groups excluding carboxylic acids is 2. The van der Waals surface area contributed by atoms with Gasteiger partial charge in [-0.05, 0) is 54.8 Å². The maximum atomic E-state index is 13.6. The van der Waals surface area contributed by atoms with Crippen molar-refractivity contribution in [3.05, 3.63) is 96.2 Å². The molecule has 1 aromatic heterocycles. The number of anilines is 1. The van der Waals surface area contributed by atoms with E-state index in [1.165, 1.54) is 18.2 Å². The first-order chi connectivity index (χ1) is 20.6. The van der Waals surface area contributed by atoms with Gasteiger partial charge in [0, 0.05) is 30.5 Å². The maximum Gasteiger partial charge on any atom is 0.326 e. The van der Waals surface area contributed by atoms with Gasteiger partial charge in [-0.2, -0.15) is 0 Å². The zero-order valence-corrected chi connectivity index (χ0v) is 24.0. The number of nitrogens with zero attached hydrogens (tertiary/aromatic N) is 2. The number of rotatable bonds is 13. The van der Waals surface area contributed by atoms with E-state index in [0.29, 0.717) is 36.0 Å². The number of carboxylic acids is 1. The van der Waals surface area contributed by atoms with Gasteiger partial charge < -0.3 is 27.2 Å². The number of guanidine groups is 1. The summed E-state index contributed by atoms with van der Waals surface area (Å²) in [5.74, 6) is -2.32. The Kier molecular flexibility index (Phi) is 9.78. The highest BCUT2D eigenvalue weighted by molar-refractivity contribution is 7.90. The minimum absolute atomic E-state index is 0.00779. The van der Waals surface area contributed by atoms with Crippen molar-refractivity contribution in [2.75, 3.05) is 11.9 Å². The summed E-state index contributed by atoms with van der Waals surface area (Å²) in [5, 5.41) is 15.6. The topological polar surface area (TPSA) is 199 Å². The number of nitrogens with two attached hydrogens (primary N) is 2. The summed E-state index contributed by atoms with van der Waals surface area (Å²) in [4.78, 5) is 41.6. The van der Waals surface area contributed by atoms with E-state index in [4.69, 9.17) is 11.5 Å². The zero-order chi connectivity index (χ0) is 31.0. The fraction of sp³-hybridized carbons (Fsp3) is 0.200. The predicted octanol–water partition coefficient (Wildman–Crippen LogP) is 2.69. The molecule has 224 valence electrons. The van der Waals surface area contributed by atoms with Gasteiger partial charge in [-0.1, -0.05) is 48.5 Å². The van der Waals surface area contributed by atoms with Crippen LogP contribution in [0.25, 0.3) is 10.9 Å². The number of aliphatic imine (C=N–C) groups is 1. The molecule has 0 aliphatic carbocycles. The summed E-state index contributed by atoms with van der Waals surface area (Å²) in [7, 11) is -4.18. The highest BCUT2D eigenvalue weighted by Gasteiger charge is 2.29. The maximum absolute atomic E-state index is 13.6. The van der Waals surface area contributed by atoms with Crippen LogP contribution >= 0.6 is 0 Å². The number of amides is 2. The van der Waals surface area contributed by atoms with Crippen LogP contribution in [0.3, 0.4) is 0 Å². The van der Waals surface area contributed by atoms with Crippen molar-refractivity contribution in [1.82, 2.24) is 9.29 Å². The smallest absolute Gasteiger partial charge is 0.326 e. The number of benzene rings is 3. The van der Waals surface area contributed by atoms with Crippen molar-refractivity contribution in [1.29, 1.82) is 0 Å². The number of carbonyl (C=O) groups is 3. The third kappa shape index (κ3) is 7.77. The number of aliphatic carboxylic acids is 1. The molecule has 0 spiro atoms. The SMILES string of the molecule is NC(N)=NCCCCC(=O)Nc1ccc(C[C@H](NC(=O)c2cc3ccccc3n2S(=O)(=O)c2ccccc2)C(=O)O)cc1. The summed E-state index contributed by atoms with van der Waals surface area (Å²) in [6, 6.07) is 20.9. The number of fused-ring (bicyclic) bond motifs is 1. The van der Waals surface area contributed by atoms with E-state index in [9.17, 15) is 27.9 Å². The molecule has 1 heterocycles. The molecule has 0 aliphatic heterocycles. The third-order valence-corrected chi connectivity index (χ3v) is 8.31. The van der Waals surface area contributed by atoms with Crippen LogP contribution in [0.4, 0.5) is 5.69 Å². The van der Waals surface area contributed by atoms with Crippen molar-refractivity contribution in [2.45, 2.75) is 36.6 Å². The lowest BCUT2D eigenvalue weighted by Crippen LogP contribution is -2.43. The molecule has 12 nitrogen and oxygen atoms in total. The molecular weight excluding hydrogens is 572 g/mol. The molecule has 3 aromatic carbocycles. The van der Waals surface area contributed by atoms with Crippen LogP contribution in [0.2, 0.25) is 0 Å². The molecule has 0 fully saturated rings. The molecule has 0 unspecified atom stereocenters. The van der Waals surface area contributed by atoms with Crippen molar-refractivity contribution in [3.8, 4) is 0 Å². The predicted molar refractivity (Wildman–Crippen MR) is 163 cm³/mol. The molecule has 0 saturated heterocycles. The monoisotopic (exact) mass is 604 g/mol. The summed E-state index contributed by atoms with van der Waals surface area (Å²) in [6.45, 7) is 0.441. The Morgan fingerprint density at radius 3 is 2.26 bits per heavy atom. The highest BCUT2D eigenvalue weighted by atomic mass is 32.2. The van der Waals surface area contributed by atoms with E-state index in [1.807, 2.05) is 0 Å². The van der Waals surface area contributed by atoms with Crippen LogP contribution < -0.4 is 22.1 Å². The standard InChI is InChI=1S/C30H32N6O6S/c31-30(32)33-17-7-6-12-27(37)34-22-15-13-20(14-16-22)18-24(29(39)40)35-28(38)26-19-21-8-4-5-11-25(21)36(26)43(41,42)23-9-2-1-3-10-23/h1-5,8-11,13-16,19,24H,6-7,12,17-18H2,(H,34,37)(H,35,38)(H,39,40)(H4,31,32,33)/t24-/m0/s1. The van der Waals surface area contributed by atoms with Gasteiger partial charge in [0.2, 0.25) is 5.91 Å². The van der Waals surface area contributed by atoms with Gasteiger partial charge in [-0.25, -0.2) is 17.2 Å². The number of hydrogen-bond acceptors (Lipinski definition) is 6. The van der Waals surface area contributed by atoms with Crippen molar-refractivity contribution in [2.24, 2.45) is 16.5 Å². The summed E-state index contributed by atoms with van der Waals surface area (Å²) < 4.78 is 28.1. The fourth-order valence-electron chi connectivity index (χ4n) is 4.47. The van der Waals surface area contributed by atoms with Gasteiger partial charge in [0.25, 0.3) is 15.9 Å². The molecule has 1 atom stereocenters. The van der Waals surface area contributed by atoms with E-state index in [2.05, 4.69) is 15.6 Å². The van der Waals surface area contributed by atoms with Crippen LogP contribution in [0.1, 0.15) is 35.3 Å². The van der Waals surface area contributed by atoms with E-state index < -0.39 is 27.9 Å². The second-order valence-corrected chi connectivity index (χ2v) is 11.5. The van der Waals surface area contributed by atoms with Gasteiger partial charge in [0.15, 0.2) is 5.96 Å². The summed E-state index contributed by atoms with van der Waals surface area (Å²) in [6.07, 6.45) is 1.47.